The van der Waals surface area contributed by atoms with Gasteiger partial charge >= 0.3 is 0 Å². The van der Waals surface area contributed by atoms with Crippen LogP contribution in [-0.2, 0) is 4.79 Å². The molecule has 0 aromatic carbocycles. The Morgan fingerprint density at radius 3 is 3.06 bits per heavy atom. The van der Waals surface area contributed by atoms with Gasteiger partial charge in [0.15, 0.2) is 0 Å². The van der Waals surface area contributed by atoms with Gasteiger partial charge in [0.05, 0.1) is 12.1 Å². The summed E-state index contributed by atoms with van der Waals surface area (Å²) in [5, 5.41) is 6.26. The zero-order chi connectivity index (χ0) is 12.3. The number of hydrogen-bond donors (Lipinski definition) is 2. The maximum absolute atomic E-state index is 12.0. The minimum Gasteiger partial charge on any atom is -0.348 e. The molecule has 0 saturated carbocycles. The summed E-state index contributed by atoms with van der Waals surface area (Å²) in [5.41, 5.74) is 1.03. The normalized spacial score (nSPS) is 25.5. The van der Waals surface area contributed by atoms with Gasteiger partial charge in [0.2, 0.25) is 5.91 Å². The van der Waals surface area contributed by atoms with Gasteiger partial charge in [0, 0.05) is 12.4 Å². The van der Waals surface area contributed by atoms with Crippen molar-refractivity contribution in [3.63, 3.8) is 0 Å². The Hall–Kier alpha value is -1.42. The summed E-state index contributed by atoms with van der Waals surface area (Å²) in [7, 11) is 0. The van der Waals surface area contributed by atoms with Gasteiger partial charge in [-0.15, -0.1) is 0 Å². The number of hydrogen-bond acceptors (Lipinski definition) is 3. The first-order valence-corrected chi connectivity index (χ1v) is 6.12. The highest BCUT2D eigenvalue weighted by molar-refractivity contribution is 5.82. The van der Waals surface area contributed by atoms with E-state index in [0.29, 0.717) is 5.92 Å². The Morgan fingerprint density at radius 1 is 1.65 bits per heavy atom. The fourth-order valence-electron chi connectivity index (χ4n) is 2.20. The van der Waals surface area contributed by atoms with Crippen molar-refractivity contribution in [2.75, 3.05) is 6.54 Å². The maximum atomic E-state index is 12.0. The van der Waals surface area contributed by atoms with E-state index in [9.17, 15) is 4.79 Å². The highest BCUT2D eigenvalue weighted by Gasteiger charge is 2.29. The number of aromatic nitrogens is 1. The monoisotopic (exact) mass is 233 g/mol. The van der Waals surface area contributed by atoms with E-state index in [1.165, 1.54) is 0 Å². The molecule has 1 aromatic rings. The van der Waals surface area contributed by atoms with Crippen LogP contribution in [0.3, 0.4) is 0 Å². The largest absolute Gasteiger partial charge is 0.348 e. The minimum atomic E-state index is -0.0471. The zero-order valence-electron chi connectivity index (χ0n) is 10.3. The molecule has 1 fully saturated rings. The highest BCUT2D eigenvalue weighted by Crippen LogP contribution is 2.16. The summed E-state index contributed by atoms with van der Waals surface area (Å²) in [6.45, 7) is 5.02. The Kier molecular flexibility index (Phi) is 3.74. The van der Waals surface area contributed by atoms with E-state index in [-0.39, 0.29) is 18.0 Å². The van der Waals surface area contributed by atoms with E-state index >= 15 is 0 Å². The number of nitrogens with one attached hydrogen (secondary N) is 2. The molecule has 0 bridgehead atoms. The summed E-state index contributed by atoms with van der Waals surface area (Å²) >= 11 is 0. The average Bonchev–Trinajstić information content (AvgIpc) is 2.76. The van der Waals surface area contributed by atoms with E-state index in [0.717, 1.165) is 18.5 Å². The highest BCUT2D eigenvalue weighted by atomic mass is 16.2. The third-order valence-electron chi connectivity index (χ3n) is 3.36. The first kappa shape index (κ1) is 12.0. The molecule has 0 radical (unpaired) electrons. The van der Waals surface area contributed by atoms with Crippen molar-refractivity contribution in [1.82, 2.24) is 15.6 Å². The van der Waals surface area contributed by atoms with Crippen molar-refractivity contribution < 1.29 is 4.79 Å². The van der Waals surface area contributed by atoms with E-state index in [4.69, 9.17) is 0 Å². The van der Waals surface area contributed by atoms with Crippen LogP contribution in [0, 0.1) is 5.92 Å². The summed E-state index contributed by atoms with van der Waals surface area (Å²) in [5.74, 6) is 0.502. The van der Waals surface area contributed by atoms with Crippen LogP contribution >= 0.6 is 0 Å². The van der Waals surface area contributed by atoms with Crippen LogP contribution in [0.5, 0.6) is 0 Å². The van der Waals surface area contributed by atoms with Crippen LogP contribution < -0.4 is 10.6 Å². The molecule has 3 unspecified atom stereocenters. The molecule has 92 valence electrons. The molecular weight excluding hydrogens is 214 g/mol. The van der Waals surface area contributed by atoms with Gasteiger partial charge in [-0.25, -0.2) is 0 Å². The molecular formula is C13H19N3O. The lowest BCUT2D eigenvalue weighted by atomic mass is 10.0. The fourth-order valence-corrected chi connectivity index (χ4v) is 2.20. The molecule has 1 aliphatic rings. The van der Waals surface area contributed by atoms with Crippen molar-refractivity contribution in [3.05, 3.63) is 30.1 Å². The molecule has 17 heavy (non-hydrogen) atoms. The number of rotatable bonds is 3. The number of amides is 1. The molecule has 2 heterocycles. The lowest BCUT2D eigenvalue weighted by Gasteiger charge is -2.19. The Labute approximate surface area is 102 Å². The first-order chi connectivity index (χ1) is 8.18. The van der Waals surface area contributed by atoms with Gasteiger partial charge in [0.1, 0.15) is 0 Å². The Balaban J connectivity index is 1.95. The lowest BCUT2D eigenvalue weighted by molar-refractivity contribution is -0.124. The molecule has 1 amide bonds. The number of nitrogens with zero attached hydrogens (tertiary/aromatic N) is 1. The average molecular weight is 233 g/mol. The SMILES string of the molecule is CC(NC(=O)C1NCCC1C)c1cccnc1. The molecule has 2 rings (SSSR count). The van der Waals surface area contributed by atoms with Gasteiger partial charge in [-0.05, 0) is 37.4 Å². The van der Waals surface area contributed by atoms with Crippen molar-refractivity contribution in [3.8, 4) is 0 Å². The van der Waals surface area contributed by atoms with Crippen molar-refractivity contribution in [2.24, 2.45) is 5.92 Å². The van der Waals surface area contributed by atoms with E-state index in [2.05, 4.69) is 22.5 Å². The Morgan fingerprint density at radius 2 is 2.47 bits per heavy atom. The summed E-state index contributed by atoms with van der Waals surface area (Å²) in [6, 6.07) is 3.82. The third kappa shape index (κ3) is 2.82. The van der Waals surface area contributed by atoms with Gasteiger partial charge in [-0.3, -0.25) is 9.78 Å². The first-order valence-electron chi connectivity index (χ1n) is 6.12. The molecule has 0 aliphatic carbocycles. The van der Waals surface area contributed by atoms with Crippen molar-refractivity contribution in [2.45, 2.75) is 32.4 Å². The maximum Gasteiger partial charge on any atom is 0.237 e. The number of carbonyl (C=O) groups is 1. The number of pyridine rings is 1. The molecule has 1 aromatic heterocycles. The molecule has 4 nitrogen and oxygen atoms in total. The fraction of sp³-hybridized carbons (Fsp3) is 0.538. The van der Waals surface area contributed by atoms with E-state index < -0.39 is 0 Å². The van der Waals surface area contributed by atoms with Gasteiger partial charge in [0.25, 0.3) is 0 Å². The predicted molar refractivity (Wildman–Crippen MR) is 66.4 cm³/mol. The minimum absolute atomic E-state index is 0.00537. The van der Waals surface area contributed by atoms with E-state index in [1.54, 1.807) is 12.4 Å². The van der Waals surface area contributed by atoms with Crippen LogP contribution in [0.1, 0.15) is 31.9 Å². The predicted octanol–water partition coefficient (Wildman–Crippen LogP) is 1.26. The molecule has 1 saturated heterocycles. The second kappa shape index (κ2) is 5.27. The second-order valence-corrected chi connectivity index (χ2v) is 4.71. The smallest absolute Gasteiger partial charge is 0.237 e. The quantitative estimate of drug-likeness (QED) is 0.826. The van der Waals surface area contributed by atoms with Gasteiger partial charge in [-0.2, -0.15) is 0 Å². The summed E-state index contributed by atoms with van der Waals surface area (Å²) in [4.78, 5) is 16.1. The lowest BCUT2D eigenvalue weighted by Crippen LogP contribution is -2.44. The van der Waals surface area contributed by atoms with Crippen LogP contribution in [-0.4, -0.2) is 23.5 Å². The number of carbonyl (C=O) groups excluding carboxylic acids is 1. The van der Waals surface area contributed by atoms with Crippen LogP contribution in [0.15, 0.2) is 24.5 Å². The van der Waals surface area contributed by atoms with Crippen LogP contribution in [0.25, 0.3) is 0 Å². The van der Waals surface area contributed by atoms with Gasteiger partial charge in [-0.1, -0.05) is 13.0 Å². The standard InChI is InChI=1S/C13H19N3O/c1-9-5-7-15-12(9)13(17)16-10(2)11-4-3-6-14-8-11/h3-4,6,8-10,12,15H,5,7H2,1-2H3,(H,16,17). The van der Waals surface area contributed by atoms with Gasteiger partial charge < -0.3 is 10.6 Å². The topological polar surface area (TPSA) is 54.0 Å². The summed E-state index contributed by atoms with van der Waals surface area (Å²) in [6.07, 6.45) is 4.59. The van der Waals surface area contributed by atoms with Crippen LogP contribution in [0.2, 0.25) is 0 Å². The molecule has 1 aliphatic heterocycles. The third-order valence-corrected chi connectivity index (χ3v) is 3.36. The molecule has 0 spiro atoms. The molecule has 3 atom stereocenters. The van der Waals surface area contributed by atoms with Crippen molar-refractivity contribution >= 4 is 5.91 Å². The van der Waals surface area contributed by atoms with Crippen molar-refractivity contribution in [1.29, 1.82) is 0 Å². The molecule has 4 heteroatoms. The second-order valence-electron chi connectivity index (χ2n) is 4.71. The van der Waals surface area contributed by atoms with Crippen LogP contribution in [0.4, 0.5) is 0 Å². The Bertz CT molecular complexity index is 380. The molecule has 2 N–H and O–H groups in total. The summed E-state index contributed by atoms with van der Waals surface area (Å²) < 4.78 is 0. The zero-order valence-corrected chi connectivity index (χ0v) is 10.3. The van der Waals surface area contributed by atoms with E-state index in [1.807, 2.05) is 19.1 Å².